The van der Waals surface area contributed by atoms with E-state index in [4.69, 9.17) is 22.0 Å². The van der Waals surface area contributed by atoms with Gasteiger partial charge in [-0.2, -0.15) is 10.5 Å². The van der Waals surface area contributed by atoms with E-state index < -0.39 is 0 Å². The normalized spacial score (nSPS) is 18.1. The Balaban J connectivity index is 0.000000167. The predicted molar refractivity (Wildman–Crippen MR) is 205 cm³/mol. The molecule has 0 unspecified atom stereocenters. The van der Waals surface area contributed by atoms with Crippen LogP contribution in [0.5, 0.6) is 0 Å². The maximum Gasteiger partial charge on any atom is 0.230 e. The molecule has 2 fully saturated rings. The Hall–Kier alpha value is -7.06. The molecule has 8 rings (SSSR count). The quantitative estimate of drug-likeness (QED) is 0.145. The lowest BCUT2D eigenvalue weighted by atomic mass is 10.0. The molecular weight excluding hydrogens is 681 g/mol. The third-order valence-electron chi connectivity index (χ3n) is 9.72. The van der Waals surface area contributed by atoms with Crippen LogP contribution in [0, 0.1) is 46.3 Å². The van der Waals surface area contributed by atoms with Crippen LogP contribution in [0.1, 0.15) is 37.8 Å². The highest BCUT2D eigenvalue weighted by Gasteiger charge is 2.44. The van der Waals surface area contributed by atoms with E-state index in [2.05, 4.69) is 66.5 Å². The van der Waals surface area contributed by atoms with Crippen molar-refractivity contribution in [2.45, 2.75) is 39.5 Å². The van der Waals surface area contributed by atoms with E-state index in [1.165, 1.54) is 0 Å². The van der Waals surface area contributed by atoms with Crippen molar-refractivity contribution in [3.63, 3.8) is 0 Å². The third-order valence-corrected chi connectivity index (χ3v) is 9.72. The summed E-state index contributed by atoms with van der Waals surface area (Å²) in [6, 6.07) is 15.6. The van der Waals surface area contributed by atoms with Crippen LogP contribution in [-0.2, 0) is 22.4 Å². The van der Waals surface area contributed by atoms with Gasteiger partial charge in [0.2, 0.25) is 11.8 Å². The highest BCUT2D eigenvalue weighted by molar-refractivity contribution is 6.00. The highest BCUT2D eigenvalue weighted by atomic mass is 16.2. The first-order valence-corrected chi connectivity index (χ1v) is 17.6. The first-order chi connectivity index (χ1) is 26.2. The highest BCUT2D eigenvalue weighted by Crippen LogP contribution is 2.39. The van der Waals surface area contributed by atoms with E-state index in [0.717, 1.165) is 68.0 Å². The van der Waals surface area contributed by atoms with Crippen molar-refractivity contribution < 1.29 is 9.59 Å². The number of aromatic nitrogens is 6. The number of nitrogens with two attached hydrogens (primary N) is 2. The summed E-state index contributed by atoms with van der Waals surface area (Å²) >= 11 is 0. The fourth-order valence-corrected chi connectivity index (χ4v) is 6.38. The zero-order chi connectivity index (χ0) is 37.9. The van der Waals surface area contributed by atoms with Crippen molar-refractivity contribution in [1.29, 1.82) is 10.5 Å². The number of amides is 2. The first-order valence-electron chi connectivity index (χ1n) is 17.6. The van der Waals surface area contributed by atoms with Gasteiger partial charge < -0.3 is 22.1 Å². The molecule has 0 aromatic carbocycles. The summed E-state index contributed by atoms with van der Waals surface area (Å²) in [5.41, 5.74) is 17.9. The van der Waals surface area contributed by atoms with E-state index in [9.17, 15) is 9.59 Å². The summed E-state index contributed by atoms with van der Waals surface area (Å²) < 4.78 is 0. The number of nitrogen functional groups attached to an aromatic ring is 2. The zero-order valence-corrected chi connectivity index (χ0v) is 29.6. The average Bonchev–Trinajstić information content (AvgIpc) is 4.13. The number of rotatable bonds is 8. The largest absolute Gasteiger partial charge is 0.383 e. The number of nitriles is 2. The molecule has 14 nitrogen and oxygen atoms in total. The molecule has 54 heavy (non-hydrogen) atoms. The van der Waals surface area contributed by atoms with Gasteiger partial charge in [-0.3, -0.25) is 19.6 Å². The Bertz CT molecular complexity index is 2350. The van der Waals surface area contributed by atoms with Crippen LogP contribution in [0.3, 0.4) is 0 Å². The molecule has 6 aromatic heterocycles. The molecule has 14 heteroatoms. The van der Waals surface area contributed by atoms with E-state index in [1.54, 1.807) is 49.3 Å². The lowest BCUT2D eigenvalue weighted by molar-refractivity contribution is -0.118. The number of carbonyl (C=O) groups is 2. The van der Waals surface area contributed by atoms with Gasteiger partial charge in [-0.1, -0.05) is 13.8 Å². The molecule has 4 atom stereocenters. The second-order valence-electron chi connectivity index (χ2n) is 13.3. The SMILES string of the molecule is CCc1ccncc1-c1cc2cc(NC(=O)[C@@H]3C[C@@H]3C#N)ncc2c(N)n1.CCc1ccncc1-c1cc2cc(NC(=O)[C@H]3C[C@H]3C#N)ncc2c(N)n1. The Morgan fingerprint density at radius 3 is 1.50 bits per heavy atom. The summed E-state index contributed by atoms with van der Waals surface area (Å²) in [4.78, 5) is 50.3. The summed E-state index contributed by atoms with van der Waals surface area (Å²) in [6.07, 6.45) is 13.2. The zero-order valence-electron chi connectivity index (χ0n) is 29.6. The number of nitrogens with zero attached hydrogens (tertiary/aromatic N) is 8. The van der Waals surface area contributed by atoms with Gasteiger partial charge in [-0.15, -0.1) is 0 Å². The first kappa shape index (κ1) is 35.3. The monoisotopic (exact) mass is 716 g/mol. The molecule has 6 N–H and O–H groups in total. The minimum absolute atomic E-state index is 0.170. The van der Waals surface area contributed by atoms with Crippen molar-refractivity contribution in [2.24, 2.45) is 23.7 Å². The Morgan fingerprint density at radius 1 is 0.704 bits per heavy atom. The number of anilines is 4. The van der Waals surface area contributed by atoms with Gasteiger partial charge in [0.15, 0.2) is 0 Å². The molecular formula is C40H36N12O2. The van der Waals surface area contributed by atoms with Crippen LogP contribution < -0.4 is 22.1 Å². The fourth-order valence-electron chi connectivity index (χ4n) is 6.38. The summed E-state index contributed by atoms with van der Waals surface area (Å²) in [6.45, 7) is 4.15. The van der Waals surface area contributed by atoms with E-state index in [1.807, 2.05) is 24.3 Å². The summed E-state index contributed by atoms with van der Waals surface area (Å²) in [7, 11) is 0. The third kappa shape index (κ3) is 7.31. The maximum absolute atomic E-state index is 12.2. The number of hydrogen-bond acceptors (Lipinski definition) is 12. The lowest BCUT2D eigenvalue weighted by Crippen LogP contribution is -2.15. The number of pyridine rings is 6. The van der Waals surface area contributed by atoms with Gasteiger partial charge in [0.25, 0.3) is 0 Å². The van der Waals surface area contributed by atoms with Crippen LogP contribution in [0.25, 0.3) is 44.1 Å². The minimum Gasteiger partial charge on any atom is -0.383 e. The number of aryl methyl sites for hydroxylation is 2. The molecule has 6 aromatic rings. The molecule has 2 aliphatic rings. The molecule has 6 heterocycles. The van der Waals surface area contributed by atoms with Gasteiger partial charge >= 0.3 is 0 Å². The average molecular weight is 717 g/mol. The number of nitrogens with one attached hydrogen (secondary N) is 2. The second kappa shape index (κ2) is 14.9. The molecule has 0 aliphatic heterocycles. The van der Waals surface area contributed by atoms with Crippen LogP contribution in [0.4, 0.5) is 23.3 Å². The summed E-state index contributed by atoms with van der Waals surface area (Å²) in [5, 5.41) is 26.4. The van der Waals surface area contributed by atoms with E-state index in [0.29, 0.717) is 36.1 Å². The molecule has 0 radical (unpaired) electrons. The molecule has 0 spiro atoms. The van der Waals surface area contributed by atoms with Gasteiger partial charge in [0.1, 0.15) is 23.3 Å². The smallest absolute Gasteiger partial charge is 0.230 e. The van der Waals surface area contributed by atoms with Gasteiger partial charge in [0, 0.05) is 59.1 Å². The van der Waals surface area contributed by atoms with Gasteiger partial charge in [0.05, 0.1) is 47.2 Å². The number of hydrogen-bond donors (Lipinski definition) is 4. The molecule has 268 valence electrons. The Morgan fingerprint density at radius 2 is 1.13 bits per heavy atom. The Kier molecular flexibility index (Phi) is 9.75. The predicted octanol–water partition coefficient (Wildman–Crippen LogP) is 5.87. The van der Waals surface area contributed by atoms with Crippen LogP contribution in [0.2, 0.25) is 0 Å². The molecule has 0 bridgehead atoms. The van der Waals surface area contributed by atoms with Crippen molar-refractivity contribution in [3.05, 3.63) is 84.7 Å². The topological polar surface area (TPSA) is 235 Å². The maximum atomic E-state index is 12.2. The van der Waals surface area contributed by atoms with Crippen molar-refractivity contribution in [1.82, 2.24) is 29.9 Å². The molecule has 2 amide bonds. The molecule has 0 saturated heterocycles. The van der Waals surface area contributed by atoms with Crippen molar-refractivity contribution in [3.8, 4) is 34.7 Å². The standard InChI is InChI=1S/2C20H18N6O/c2*1-2-11-3-4-23-9-15(11)17-6-12-7-18(24-10-16(12)19(22)25-17)26-20(27)14-5-13(14)8-21/h2*3-4,6-7,9-10,13-14H,2,5H2,1H3,(H2,22,25)(H,24,26,27)/t2*13-,14-/m10/s1. The summed E-state index contributed by atoms with van der Waals surface area (Å²) in [5.74, 6) is 0.443. The fraction of sp³-hybridized carbons (Fsp3) is 0.250. The van der Waals surface area contributed by atoms with Crippen LogP contribution >= 0.6 is 0 Å². The van der Waals surface area contributed by atoms with E-state index in [-0.39, 0.29) is 35.5 Å². The van der Waals surface area contributed by atoms with Crippen LogP contribution in [0.15, 0.2) is 73.6 Å². The van der Waals surface area contributed by atoms with Crippen LogP contribution in [-0.4, -0.2) is 41.7 Å². The van der Waals surface area contributed by atoms with Gasteiger partial charge in [-0.25, -0.2) is 19.9 Å². The Labute approximate surface area is 310 Å². The molecule has 2 saturated carbocycles. The van der Waals surface area contributed by atoms with Gasteiger partial charge in [-0.05, 0) is 84.0 Å². The number of fused-ring (bicyclic) bond motifs is 2. The number of carbonyl (C=O) groups excluding carboxylic acids is 2. The van der Waals surface area contributed by atoms with E-state index >= 15 is 0 Å². The minimum atomic E-state index is -0.243. The van der Waals surface area contributed by atoms with Crippen molar-refractivity contribution in [2.75, 3.05) is 22.1 Å². The molecule has 2 aliphatic carbocycles. The second-order valence-corrected chi connectivity index (χ2v) is 13.3. The van der Waals surface area contributed by atoms with Crippen molar-refractivity contribution >= 4 is 56.6 Å². The lowest BCUT2D eigenvalue weighted by Gasteiger charge is -2.10.